The lowest BCUT2D eigenvalue weighted by Gasteiger charge is -2.24. The highest BCUT2D eigenvalue weighted by molar-refractivity contribution is 7.71. The Bertz CT molecular complexity index is 729. The second-order valence-electron chi connectivity index (χ2n) is 4.37. The Balaban J connectivity index is 2.64. The summed E-state index contributed by atoms with van der Waals surface area (Å²) in [6.45, 7) is -1.39. The number of hydrogen-bond donors (Lipinski definition) is 3. The summed E-state index contributed by atoms with van der Waals surface area (Å²) in [7, 11) is 0. The number of nitrogens with zero attached hydrogens (tertiary/aromatic N) is 1. The molecule has 6 nitrogen and oxygen atoms in total. The maximum Gasteiger partial charge on any atom is 0.287 e. The predicted molar refractivity (Wildman–Crippen MR) is 65.6 cm³/mol. The van der Waals surface area contributed by atoms with E-state index in [0.717, 1.165) is 0 Å². The lowest BCUT2D eigenvalue weighted by Crippen LogP contribution is -2.47. The van der Waals surface area contributed by atoms with Crippen LogP contribution < -0.4 is 5.56 Å². The number of terminal acetylenes is 1. The average molecular weight is 322 g/mol. The van der Waals surface area contributed by atoms with E-state index >= 15 is 0 Å². The smallest absolute Gasteiger partial charge is 0.287 e. The van der Waals surface area contributed by atoms with Gasteiger partial charge in [0.25, 0.3) is 11.4 Å². The molecule has 10 heteroatoms. The van der Waals surface area contributed by atoms with Crippen LogP contribution in [0.4, 0.5) is 13.2 Å². The zero-order valence-electron chi connectivity index (χ0n) is 10.2. The van der Waals surface area contributed by atoms with Crippen LogP contribution in [0.1, 0.15) is 6.23 Å². The first-order valence-corrected chi connectivity index (χ1v) is 5.93. The average Bonchev–Trinajstić information content (AvgIpc) is 2.66. The number of aliphatic hydroxyl groups is 2. The summed E-state index contributed by atoms with van der Waals surface area (Å²) in [5.41, 5.74) is -4.31. The SMILES string of the molecule is C#CC1(F)C(n2cc(F)c(=O)[nH]c2=S)OC(F)(CO)C1O. The monoisotopic (exact) mass is 322 g/mol. The fraction of sp³-hybridized carbons (Fsp3) is 0.455. The topological polar surface area (TPSA) is 87.5 Å². The van der Waals surface area contributed by atoms with Crippen LogP contribution in [0.2, 0.25) is 0 Å². The van der Waals surface area contributed by atoms with Gasteiger partial charge in [0.15, 0.2) is 17.1 Å². The minimum absolute atomic E-state index is 0.466. The zero-order valence-corrected chi connectivity index (χ0v) is 11.0. The number of hydrogen-bond acceptors (Lipinski definition) is 5. The Morgan fingerprint density at radius 1 is 1.62 bits per heavy atom. The van der Waals surface area contributed by atoms with E-state index in [1.165, 1.54) is 5.92 Å². The van der Waals surface area contributed by atoms with Gasteiger partial charge in [-0.1, -0.05) is 5.92 Å². The molecule has 114 valence electrons. The summed E-state index contributed by atoms with van der Waals surface area (Å²) in [5, 5.41) is 18.5. The van der Waals surface area contributed by atoms with Crippen molar-refractivity contribution in [3.63, 3.8) is 0 Å². The lowest BCUT2D eigenvalue weighted by atomic mass is 9.96. The maximum atomic E-state index is 14.6. The van der Waals surface area contributed by atoms with Crippen LogP contribution in [0.15, 0.2) is 11.0 Å². The molecule has 1 saturated heterocycles. The van der Waals surface area contributed by atoms with Crippen molar-refractivity contribution in [2.24, 2.45) is 0 Å². The minimum atomic E-state index is -3.20. The number of rotatable bonds is 2. The van der Waals surface area contributed by atoms with Gasteiger partial charge in [0.05, 0.1) is 6.20 Å². The molecule has 0 aliphatic carbocycles. The molecule has 0 amide bonds. The molecule has 1 aliphatic rings. The van der Waals surface area contributed by atoms with Crippen LogP contribution in [0.3, 0.4) is 0 Å². The van der Waals surface area contributed by atoms with Crippen molar-refractivity contribution in [3.05, 3.63) is 27.1 Å². The van der Waals surface area contributed by atoms with Gasteiger partial charge in [-0.15, -0.1) is 6.42 Å². The second-order valence-corrected chi connectivity index (χ2v) is 4.76. The van der Waals surface area contributed by atoms with Crippen LogP contribution >= 0.6 is 12.2 Å². The molecule has 0 aromatic carbocycles. The van der Waals surface area contributed by atoms with Crippen molar-refractivity contribution < 1.29 is 28.1 Å². The van der Waals surface area contributed by atoms with Crippen molar-refractivity contribution in [1.29, 1.82) is 0 Å². The van der Waals surface area contributed by atoms with E-state index in [4.69, 9.17) is 23.7 Å². The number of ether oxygens (including phenoxy) is 1. The lowest BCUT2D eigenvalue weighted by molar-refractivity contribution is -0.207. The van der Waals surface area contributed by atoms with Gasteiger partial charge in [0.2, 0.25) is 11.5 Å². The molecule has 1 aromatic rings. The Morgan fingerprint density at radius 3 is 2.76 bits per heavy atom. The molecule has 0 spiro atoms. The second kappa shape index (κ2) is 4.96. The van der Waals surface area contributed by atoms with Gasteiger partial charge in [0.1, 0.15) is 6.61 Å². The molecule has 21 heavy (non-hydrogen) atoms. The van der Waals surface area contributed by atoms with Crippen LogP contribution in [0.25, 0.3) is 0 Å². The summed E-state index contributed by atoms with van der Waals surface area (Å²) in [6.07, 6.45) is 0.804. The third-order valence-corrected chi connectivity index (χ3v) is 3.40. The minimum Gasteiger partial charge on any atom is -0.390 e. The summed E-state index contributed by atoms with van der Waals surface area (Å²) in [4.78, 5) is 12.9. The first-order chi connectivity index (χ1) is 9.69. The molecular weight excluding hydrogens is 313 g/mol. The van der Waals surface area contributed by atoms with Gasteiger partial charge >= 0.3 is 0 Å². The molecular formula is C11H9F3N2O4S. The van der Waals surface area contributed by atoms with Crippen LogP contribution in [0, 0.1) is 22.9 Å². The van der Waals surface area contributed by atoms with Crippen LogP contribution in [-0.4, -0.2) is 44.0 Å². The molecule has 2 rings (SSSR count). The van der Waals surface area contributed by atoms with Crippen molar-refractivity contribution >= 4 is 12.2 Å². The zero-order chi connectivity index (χ0) is 16.0. The van der Waals surface area contributed by atoms with E-state index in [2.05, 4.69) is 4.74 Å². The third kappa shape index (κ3) is 2.18. The van der Waals surface area contributed by atoms with Crippen molar-refractivity contribution in [2.45, 2.75) is 23.9 Å². The highest BCUT2D eigenvalue weighted by Crippen LogP contribution is 2.47. The number of H-pyrrole nitrogens is 1. The van der Waals surface area contributed by atoms with Crippen LogP contribution in [-0.2, 0) is 4.74 Å². The largest absolute Gasteiger partial charge is 0.390 e. The van der Waals surface area contributed by atoms with Gasteiger partial charge in [-0.2, -0.15) is 4.39 Å². The van der Waals surface area contributed by atoms with Crippen LogP contribution in [0.5, 0.6) is 0 Å². The molecule has 3 N–H and O–H groups in total. The van der Waals surface area contributed by atoms with E-state index in [9.17, 15) is 23.1 Å². The molecule has 0 radical (unpaired) electrons. The predicted octanol–water partition coefficient (Wildman–Crippen LogP) is -0.0657. The van der Waals surface area contributed by atoms with E-state index in [0.29, 0.717) is 10.8 Å². The van der Waals surface area contributed by atoms with Gasteiger partial charge in [-0.05, 0) is 12.2 Å². The Hall–Kier alpha value is -1.67. The van der Waals surface area contributed by atoms with Gasteiger partial charge in [-0.25, -0.2) is 8.78 Å². The Kier molecular flexibility index (Phi) is 3.71. The van der Waals surface area contributed by atoms with E-state index in [1.807, 2.05) is 4.98 Å². The molecule has 4 atom stereocenters. The molecule has 0 saturated carbocycles. The summed E-state index contributed by atoms with van der Waals surface area (Å²) in [5.74, 6) is -3.03. The number of aliphatic hydroxyl groups excluding tert-OH is 2. The fourth-order valence-electron chi connectivity index (χ4n) is 1.95. The maximum absolute atomic E-state index is 14.6. The molecule has 1 aliphatic heterocycles. The van der Waals surface area contributed by atoms with Gasteiger partial charge in [-0.3, -0.25) is 14.3 Å². The highest BCUT2D eigenvalue weighted by Gasteiger charge is 2.66. The van der Waals surface area contributed by atoms with Crippen molar-refractivity contribution in [3.8, 4) is 12.3 Å². The quantitative estimate of drug-likeness (QED) is 0.524. The van der Waals surface area contributed by atoms with Gasteiger partial charge < -0.3 is 14.9 Å². The van der Waals surface area contributed by atoms with Crippen molar-refractivity contribution in [2.75, 3.05) is 6.61 Å². The fourth-order valence-corrected chi connectivity index (χ4v) is 2.19. The summed E-state index contributed by atoms with van der Waals surface area (Å²) < 4.78 is 46.6. The first kappa shape index (κ1) is 15.7. The molecule has 2 heterocycles. The molecule has 1 fully saturated rings. The molecule has 4 unspecified atom stereocenters. The standard InChI is InChI=1S/C11H9F3N2O4S/c1-2-10(13)7(19)11(14,4-17)20-8(10)16-3-5(12)6(18)15-9(16)21/h1,3,7-8,17,19H,4H2,(H,15,18,21). The highest BCUT2D eigenvalue weighted by atomic mass is 32.1. The van der Waals surface area contributed by atoms with Gasteiger partial charge in [0, 0.05) is 0 Å². The Morgan fingerprint density at radius 2 is 2.24 bits per heavy atom. The number of halogens is 3. The number of nitrogens with one attached hydrogen (secondary N) is 1. The third-order valence-electron chi connectivity index (χ3n) is 3.09. The van der Waals surface area contributed by atoms with E-state index in [-0.39, 0.29) is 0 Å². The number of alkyl halides is 2. The number of aromatic nitrogens is 2. The van der Waals surface area contributed by atoms with E-state index < -0.39 is 46.6 Å². The molecule has 1 aromatic heterocycles. The Labute approximate surface area is 120 Å². The molecule has 0 bridgehead atoms. The summed E-state index contributed by atoms with van der Waals surface area (Å²) >= 11 is 4.69. The van der Waals surface area contributed by atoms with Crippen molar-refractivity contribution in [1.82, 2.24) is 9.55 Å². The number of aromatic amines is 1. The summed E-state index contributed by atoms with van der Waals surface area (Å²) in [6, 6.07) is 0. The first-order valence-electron chi connectivity index (χ1n) is 5.53. The van der Waals surface area contributed by atoms with E-state index in [1.54, 1.807) is 0 Å². The normalized spacial score (nSPS) is 35.6.